The van der Waals surface area contributed by atoms with E-state index in [1.807, 2.05) is 36.4 Å². The Hall–Kier alpha value is -1.71. The van der Waals surface area contributed by atoms with Gasteiger partial charge in [0.2, 0.25) is 5.78 Å². The number of ketones is 1. The summed E-state index contributed by atoms with van der Waals surface area (Å²) in [5.74, 6) is -0.0520. The minimum Gasteiger partial charge on any atom is -0.397 e. The summed E-state index contributed by atoms with van der Waals surface area (Å²) in [7, 11) is 0. The van der Waals surface area contributed by atoms with Gasteiger partial charge in [0.1, 0.15) is 0 Å². The predicted molar refractivity (Wildman–Crippen MR) is 79.2 cm³/mol. The molecule has 94 valence electrons. The van der Waals surface area contributed by atoms with Gasteiger partial charge in [-0.15, -0.1) is 0 Å². The molecule has 4 heteroatoms. The number of carbonyl (C=O) groups excluding carboxylic acids is 1. The summed E-state index contributed by atoms with van der Waals surface area (Å²) in [5, 5.41) is 0.562. The van der Waals surface area contributed by atoms with E-state index < -0.39 is 0 Å². The van der Waals surface area contributed by atoms with Crippen molar-refractivity contribution >= 4 is 34.8 Å². The van der Waals surface area contributed by atoms with Gasteiger partial charge in [0.25, 0.3) is 0 Å². The van der Waals surface area contributed by atoms with Crippen LogP contribution >= 0.6 is 23.4 Å². The second kappa shape index (κ2) is 4.76. The van der Waals surface area contributed by atoms with Crippen molar-refractivity contribution in [1.29, 1.82) is 0 Å². The highest BCUT2D eigenvalue weighted by atomic mass is 35.5. The quantitative estimate of drug-likeness (QED) is 0.808. The van der Waals surface area contributed by atoms with Gasteiger partial charge in [-0.1, -0.05) is 53.7 Å². The molecule has 0 saturated heterocycles. The van der Waals surface area contributed by atoms with Crippen LogP contribution in [0, 0.1) is 0 Å². The van der Waals surface area contributed by atoms with Gasteiger partial charge in [0.15, 0.2) is 0 Å². The zero-order valence-corrected chi connectivity index (χ0v) is 11.5. The maximum atomic E-state index is 12.3. The van der Waals surface area contributed by atoms with Crippen LogP contribution in [0.4, 0.5) is 0 Å². The summed E-state index contributed by atoms with van der Waals surface area (Å²) >= 11 is 7.33. The first-order valence-electron chi connectivity index (χ1n) is 5.74. The molecule has 19 heavy (non-hydrogen) atoms. The van der Waals surface area contributed by atoms with Crippen LogP contribution in [-0.4, -0.2) is 5.78 Å². The van der Waals surface area contributed by atoms with Crippen molar-refractivity contribution in [3.63, 3.8) is 0 Å². The molecule has 0 aliphatic carbocycles. The molecule has 0 radical (unpaired) electrons. The maximum absolute atomic E-state index is 12.3. The van der Waals surface area contributed by atoms with Crippen molar-refractivity contribution in [2.45, 2.75) is 4.90 Å². The predicted octanol–water partition coefficient (Wildman–Crippen LogP) is 3.96. The fraction of sp³-hybridized carbons (Fsp3) is 0. The van der Waals surface area contributed by atoms with Crippen molar-refractivity contribution < 1.29 is 4.79 Å². The van der Waals surface area contributed by atoms with E-state index in [-0.39, 0.29) is 5.78 Å². The van der Waals surface area contributed by atoms with Gasteiger partial charge < -0.3 is 5.73 Å². The molecule has 2 aromatic rings. The van der Waals surface area contributed by atoms with Crippen LogP contribution in [0.2, 0.25) is 5.02 Å². The number of halogens is 1. The van der Waals surface area contributed by atoms with Crippen molar-refractivity contribution in [1.82, 2.24) is 0 Å². The molecule has 1 heterocycles. The van der Waals surface area contributed by atoms with Crippen molar-refractivity contribution in [3.05, 3.63) is 69.6 Å². The average Bonchev–Trinajstić information content (AvgIpc) is 2.76. The lowest BCUT2D eigenvalue weighted by molar-refractivity contribution is 0.104. The number of hydrogen-bond acceptors (Lipinski definition) is 3. The van der Waals surface area contributed by atoms with Gasteiger partial charge >= 0.3 is 0 Å². The molecule has 0 bridgehead atoms. The molecule has 0 unspecified atom stereocenters. The number of rotatable bonds is 1. The number of allylic oxidation sites excluding steroid dienone is 1. The van der Waals surface area contributed by atoms with Gasteiger partial charge in [0.05, 0.1) is 10.6 Å². The first kappa shape index (κ1) is 12.3. The Morgan fingerprint density at radius 3 is 2.58 bits per heavy atom. The second-order valence-electron chi connectivity index (χ2n) is 4.18. The first-order valence-corrected chi connectivity index (χ1v) is 6.93. The van der Waals surface area contributed by atoms with E-state index in [9.17, 15) is 4.79 Å². The highest BCUT2D eigenvalue weighted by molar-refractivity contribution is 8.05. The maximum Gasteiger partial charge on any atom is 0.203 e. The third-order valence-corrected chi connectivity index (χ3v) is 4.35. The van der Waals surface area contributed by atoms with Crippen molar-refractivity contribution in [2.24, 2.45) is 5.73 Å². The van der Waals surface area contributed by atoms with E-state index in [1.54, 1.807) is 12.1 Å². The summed E-state index contributed by atoms with van der Waals surface area (Å²) in [4.78, 5) is 13.8. The van der Waals surface area contributed by atoms with E-state index in [1.165, 1.54) is 11.8 Å². The minimum absolute atomic E-state index is 0.0520. The average molecular weight is 288 g/mol. The standard InChI is InChI=1S/C15H10ClNOS/c16-10-6-7-12-11(8-10)14(18)15(19-12)13(17)9-4-2-1-3-5-9/h1-8H,17H2/b15-13+. The molecule has 0 atom stereocenters. The highest BCUT2D eigenvalue weighted by Crippen LogP contribution is 2.43. The van der Waals surface area contributed by atoms with Crippen LogP contribution in [0.1, 0.15) is 15.9 Å². The molecule has 0 fully saturated rings. The van der Waals surface area contributed by atoms with Gasteiger partial charge in [-0.2, -0.15) is 0 Å². The molecule has 1 aliphatic heterocycles. The number of fused-ring (bicyclic) bond motifs is 1. The van der Waals surface area contributed by atoms with E-state index in [4.69, 9.17) is 17.3 Å². The summed E-state index contributed by atoms with van der Waals surface area (Å²) in [6, 6.07) is 14.8. The Morgan fingerprint density at radius 2 is 1.84 bits per heavy atom. The molecular weight excluding hydrogens is 278 g/mol. The normalized spacial score (nSPS) is 16.4. The van der Waals surface area contributed by atoms with Crippen LogP contribution in [0.5, 0.6) is 0 Å². The van der Waals surface area contributed by atoms with Crippen molar-refractivity contribution in [3.8, 4) is 0 Å². The number of thioether (sulfide) groups is 1. The largest absolute Gasteiger partial charge is 0.397 e. The topological polar surface area (TPSA) is 43.1 Å². The number of Topliss-reactive ketones (excluding diaryl/α,β-unsaturated/α-hetero) is 1. The molecule has 0 spiro atoms. The lowest BCUT2D eigenvalue weighted by Gasteiger charge is -2.04. The summed E-state index contributed by atoms with van der Waals surface area (Å²) in [6.45, 7) is 0. The van der Waals surface area contributed by atoms with Gasteiger partial charge in [0, 0.05) is 15.5 Å². The number of benzene rings is 2. The summed E-state index contributed by atoms with van der Waals surface area (Å²) < 4.78 is 0. The highest BCUT2D eigenvalue weighted by Gasteiger charge is 2.28. The third-order valence-electron chi connectivity index (χ3n) is 2.93. The van der Waals surface area contributed by atoms with E-state index in [2.05, 4.69) is 0 Å². The summed E-state index contributed by atoms with van der Waals surface area (Å²) in [5.41, 5.74) is 8.12. The molecule has 3 rings (SSSR count). The Kier molecular flexibility index (Phi) is 3.09. The molecule has 1 aliphatic rings. The van der Waals surface area contributed by atoms with Gasteiger partial charge in [-0.25, -0.2) is 0 Å². The first-order chi connectivity index (χ1) is 9.16. The van der Waals surface area contributed by atoms with Crippen LogP contribution in [0.25, 0.3) is 5.70 Å². The Bertz CT molecular complexity index is 695. The molecule has 0 aromatic heterocycles. The molecule has 0 amide bonds. The smallest absolute Gasteiger partial charge is 0.203 e. The molecular formula is C15H10ClNOS. The van der Waals surface area contributed by atoms with E-state index >= 15 is 0 Å². The van der Waals surface area contributed by atoms with Crippen molar-refractivity contribution in [2.75, 3.05) is 0 Å². The number of hydrogen-bond donors (Lipinski definition) is 1. The molecule has 2 nitrogen and oxygen atoms in total. The Balaban J connectivity index is 2.09. The lowest BCUT2D eigenvalue weighted by Crippen LogP contribution is -2.04. The van der Waals surface area contributed by atoms with Gasteiger partial charge in [-0.3, -0.25) is 4.79 Å². The monoisotopic (exact) mass is 287 g/mol. The second-order valence-corrected chi connectivity index (χ2v) is 5.67. The van der Waals surface area contributed by atoms with Crippen LogP contribution in [-0.2, 0) is 0 Å². The Labute approximate surface area is 120 Å². The fourth-order valence-electron chi connectivity index (χ4n) is 1.97. The van der Waals surface area contributed by atoms with E-state index in [0.29, 0.717) is 21.2 Å². The molecule has 2 aromatic carbocycles. The fourth-order valence-corrected chi connectivity index (χ4v) is 3.19. The van der Waals surface area contributed by atoms with Crippen LogP contribution in [0.15, 0.2) is 58.3 Å². The summed E-state index contributed by atoms with van der Waals surface area (Å²) in [6.07, 6.45) is 0. The zero-order valence-electron chi connectivity index (χ0n) is 9.89. The zero-order chi connectivity index (χ0) is 13.4. The number of nitrogens with two attached hydrogens (primary N) is 1. The third kappa shape index (κ3) is 2.15. The lowest BCUT2D eigenvalue weighted by atomic mass is 10.1. The van der Waals surface area contributed by atoms with E-state index in [0.717, 1.165) is 10.5 Å². The molecule has 2 N–H and O–H groups in total. The molecule has 0 saturated carbocycles. The van der Waals surface area contributed by atoms with Crippen LogP contribution in [0.3, 0.4) is 0 Å². The SMILES string of the molecule is N/C(=C1/Sc2ccc(Cl)cc2C1=O)c1ccccc1. The van der Waals surface area contributed by atoms with Gasteiger partial charge in [-0.05, 0) is 23.8 Å². The Morgan fingerprint density at radius 1 is 1.11 bits per heavy atom. The number of carbonyl (C=O) groups is 1. The minimum atomic E-state index is -0.0520. The van der Waals surface area contributed by atoms with Crippen LogP contribution < -0.4 is 5.73 Å².